The summed E-state index contributed by atoms with van der Waals surface area (Å²) in [7, 11) is 4.61. The van der Waals surface area contributed by atoms with E-state index in [4.69, 9.17) is 31.5 Å². The van der Waals surface area contributed by atoms with Crippen molar-refractivity contribution in [2.75, 3.05) is 27.1 Å². The van der Waals surface area contributed by atoms with Crippen LogP contribution < -0.4 is 19.9 Å². The van der Waals surface area contributed by atoms with Crippen LogP contribution in [0.1, 0.15) is 5.56 Å². The van der Waals surface area contributed by atoms with Crippen LogP contribution in [-0.4, -0.2) is 46.3 Å². The number of rotatable bonds is 5. The van der Waals surface area contributed by atoms with Crippen molar-refractivity contribution in [2.24, 2.45) is 0 Å². The van der Waals surface area contributed by atoms with Crippen LogP contribution in [0.5, 0.6) is 17.2 Å². The number of benzene rings is 1. The van der Waals surface area contributed by atoms with Gasteiger partial charge in [0, 0.05) is 5.56 Å². The minimum Gasteiger partial charge on any atom is -0.492 e. The van der Waals surface area contributed by atoms with Crippen molar-refractivity contribution in [1.29, 1.82) is 0 Å². The van der Waals surface area contributed by atoms with Gasteiger partial charge in [0.05, 0.1) is 36.8 Å². The van der Waals surface area contributed by atoms with Gasteiger partial charge in [-0.05, 0) is 31.9 Å². The lowest BCUT2D eigenvalue weighted by Gasteiger charge is -2.19. The second kappa shape index (κ2) is 7.41. The number of methoxy groups -OCH3 is 3. The number of halogens is 3. The molecule has 138 valence electrons. The second-order valence-electron chi connectivity index (χ2n) is 5.00. The number of anilines is 1. The largest absolute Gasteiger partial charge is 0.492 e. The highest BCUT2D eigenvalue weighted by Gasteiger charge is 2.25. The average Bonchev–Trinajstić information content (AvgIpc) is 3.01. The molecule has 0 saturated carbocycles. The number of hydrogen-bond acceptors (Lipinski definition) is 8. The molecule has 2 aromatic heterocycles. The molecule has 0 aliphatic rings. The fourth-order valence-electron chi connectivity index (χ4n) is 2.46. The summed E-state index contributed by atoms with van der Waals surface area (Å²) in [4.78, 5) is 8.05. The smallest absolute Gasteiger partial charge is 0.223 e. The van der Waals surface area contributed by atoms with Crippen molar-refractivity contribution < 1.29 is 14.2 Å². The Kier molecular flexibility index (Phi) is 5.39. The molecule has 2 N–H and O–H groups in total. The van der Waals surface area contributed by atoms with Crippen LogP contribution in [0.25, 0.3) is 11.2 Å². The van der Waals surface area contributed by atoms with Crippen molar-refractivity contribution in [2.45, 2.75) is 6.54 Å². The number of aromatic nitrogens is 5. The molecule has 0 radical (unpaired) electrons. The summed E-state index contributed by atoms with van der Waals surface area (Å²) in [5, 5.41) is 8.25. The number of hydrogen-bond donors (Lipinski definition) is 1. The Hall–Kier alpha value is -1.85. The number of fused-ring (bicyclic) bond motifs is 1. The molecule has 26 heavy (non-hydrogen) atoms. The van der Waals surface area contributed by atoms with Gasteiger partial charge < -0.3 is 19.9 Å². The molecule has 0 aliphatic carbocycles. The highest BCUT2D eigenvalue weighted by Crippen LogP contribution is 2.50. The Morgan fingerprint density at radius 2 is 1.58 bits per heavy atom. The fraction of sp³-hybridized carbons (Fsp3) is 0.286. The first-order valence-electron chi connectivity index (χ1n) is 7.10. The van der Waals surface area contributed by atoms with Crippen molar-refractivity contribution in [3.8, 4) is 17.2 Å². The summed E-state index contributed by atoms with van der Waals surface area (Å²) in [6, 6.07) is 0. The summed E-state index contributed by atoms with van der Waals surface area (Å²) < 4.78 is 19.2. The van der Waals surface area contributed by atoms with Crippen LogP contribution in [0.15, 0.2) is 8.95 Å². The highest BCUT2D eigenvalue weighted by molar-refractivity contribution is 9.11. The standard InChI is InChI=1S/C14H13Br2ClN6O3/c1-24-9-6(15)5(7(16)10(25-2)11(9)26-3)4-23-13-8(21-22-23)12(17)19-14(18)20-13/h4H2,1-3H3,(H2,18,19,20). The third-order valence-electron chi connectivity index (χ3n) is 3.60. The molecule has 2 heterocycles. The maximum Gasteiger partial charge on any atom is 0.223 e. The molecule has 12 heteroatoms. The van der Waals surface area contributed by atoms with E-state index in [-0.39, 0.29) is 17.6 Å². The molecule has 3 aromatic rings. The van der Waals surface area contributed by atoms with Gasteiger partial charge in [0.1, 0.15) is 0 Å². The molecule has 0 saturated heterocycles. The van der Waals surface area contributed by atoms with E-state index in [2.05, 4.69) is 52.1 Å². The molecular weight excluding hydrogens is 495 g/mol. The van der Waals surface area contributed by atoms with E-state index in [0.717, 1.165) is 5.56 Å². The van der Waals surface area contributed by atoms with Crippen LogP contribution in [0, 0.1) is 0 Å². The lowest BCUT2D eigenvalue weighted by molar-refractivity contribution is 0.321. The van der Waals surface area contributed by atoms with Crippen LogP contribution in [0.2, 0.25) is 5.15 Å². The zero-order valence-corrected chi connectivity index (χ0v) is 17.8. The number of nitrogens with two attached hydrogens (primary N) is 1. The molecule has 0 amide bonds. The van der Waals surface area contributed by atoms with E-state index in [0.29, 0.717) is 37.4 Å². The van der Waals surface area contributed by atoms with Gasteiger partial charge in [0.25, 0.3) is 0 Å². The van der Waals surface area contributed by atoms with Crippen molar-refractivity contribution in [3.05, 3.63) is 19.7 Å². The zero-order valence-electron chi connectivity index (χ0n) is 13.9. The summed E-state index contributed by atoms with van der Waals surface area (Å²) in [6.45, 7) is 0.279. The Morgan fingerprint density at radius 1 is 1.00 bits per heavy atom. The van der Waals surface area contributed by atoms with Gasteiger partial charge in [-0.1, -0.05) is 16.8 Å². The predicted molar refractivity (Wildman–Crippen MR) is 103 cm³/mol. The first-order valence-corrected chi connectivity index (χ1v) is 9.07. The van der Waals surface area contributed by atoms with Crippen molar-refractivity contribution in [1.82, 2.24) is 25.0 Å². The van der Waals surface area contributed by atoms with Gasteiger partial charge in [0.15, 0.2) is 27.8 Å². The first-order chi connectivity index (χ1) is 12.4. The van der Waals surface area contributed by atoms with E-state index in [1.54, 1.807) is 4.68 Å². The van der Waals surface area contributed by atoms with E-state index in [1.807, 2.05) is 0 Å². The monoisotopic (exact) mass is 506 g/mol. The van der Waals surface area contributed by atoms with Gasteiger partial charge in [-0.3, -0.25) is 0 Å². The van der Waals surface area contributed by atoms with Gasteiger partial charge in [-0.2, -0.15) is 9.97 Å². The van der Waals surface area contributed by atoms with Crippen LogP contribution in [-0.2, 0) is 6.54 Å². The molecule has 0 aliphatic heterocycles. The fourth-order valence-corrected chi connectivity index (χ4v) is 4.26. The van der Waals surface area contributed by atoms with Crippen LogP contribution in [0.3, 0.4) is 0 Å². The number of ether oxygens (including phenoxy) is 3. The molecule has 0 atom stereocenters. The third kappa shape index (κ3) is 3.03. The molecule has 3 rings (SSSR count). The SMILES string of the molecule is COc1c(Br)c(Cn2nnc3c(Cl)nc(N)nc32)c(Br)c(OC)c1OC. The minimum absolute atomic E-state index is 0.0362. The Morgan fingerprint density at radius 3 is 2.12 bits per heavy atom. The first kappa shape index (κ1) is 18.9. The van der Waals surface area contributed by atoms with Gasteiger partial charge in [-0.25, -0.2) is 4.68 Å². The lowest BCUT2D eigenvalue weighted by Crippen LogP contribution is -2.08. The third-order valence-corrected chi connectivity index (χ3v) is 5.54. The maximum absolute atomic E-state index is 6.05. The van der Waals surface area contributed by atoms with Gasteiger partial charge in [0.2, 0.25) is 11.7 Å². The van der Waals surface area contributed by atoms with Crippen LogP contribution in [0.4, 0.5) is 5.95 Å². The zero-order chi connectivity index (χ0) is 19.0. The summed E-state index contributed by atoms with van der Waals surface area (Å²) in [6.07, 6.45) is 0. The van der Waals surface area contributed by atoms with Crippen molar-refractivity contribution in [3.63, 3.8) is 0 Å². The molecule has 0 fully saturated rings. The molecular formula is C14H13Br2ClN6O3. The Balaban J connectivity index is 2.20. The minimum atomic E-state index is 0.0362. The number of nitrogens with zero attached hydrogens (tertiary/aromatic N) is 5. The molecule has 9 nitrogen and oxygen atoms in total. The topological polar surface area (TPSA) is 110 Å². The van der Waals surface area contributed by atoms with Gasteiger partial charge >= 0.3 is 0 Å². The van der Waals surface area contributed by atoms with Crippen molar-refractivity contribution >= 4 is 60.6 Å². The number of nitrogen functional groups attached to an aromatic ring is 1. The summed E-state index contributed by atoms with van der Waals surface area (Å²) in [5.41, 5.74) is 7.24. The predicted octanol–water partition coefficient (Wildman–Crippen LogP) is 3.06. The van der Waals surface area contributed by atoms with E-state index in [9.17, 15) is 0 Å². The van der Waals surface area contributed by atoms with Crippen LogP contribution >= 0.6 is 43.5 Å². The normalized spacial score (nSPS) is 11.0. The summed E-state index contributed by atoms with van der Waals surface area (Å²) in [5.74, 6) is 1.46. The average molecular weight is 509 g/mol. The lowest BCUT2D eigenvalue weighted by atomic mass is 10.1. The molecule has 0 bridgehead atoms. The van der Waals surface area contributed by atoms with E-state index < -0.39 is 0 Å². The Bertz CT molecular complexity index is 966. The van der Waals surface area contributed by atoms with Gasteiger partial charge in [-0.15, -0.1) is 5.10 Å². The highest BCUT2D eigenvalue weighted by atomic mass is 79.9. The van der Waals surface area contributed by atoms with E-state index >= 15 is 0 Å². The Labute approximate surface area is 170 Å². The molecule has 0 spiro atoms. The van der Waals surface area contributed by atoms with E-state index in [1.165, 1.54) is 21.3 Å². The molecule has 1 aromatic carbocycles. The second-order valence-corrected chi connectivity index (χ2v) is 6.94. The quantitative estimate of drug-likeness (QED) is 0.524. The maximum atomic E-state index is 6.05. The molecule has 0 unspecified atom stereocenters. The summed E-state index contributed by atoms with van der Waals surface area (Å²) >= 11 is 13.2.